The average Bonchev–Trinajstić information content (AvgIpc) is 3.08. The fraction of sp³-hybridized carbons (Fsp3) is 0.278. The molecule has 0 spiro atoms. The quantitative estimate of drug-likeness (QED) is 0.436. The number of allylic oxidation sites excluding steroid dienone is 1. The Bertz CT molecular complexity index is 911. The van der Waals surface area contributed by atoms with Crippen LogP contribution in [0.1, 0.15) is 30.5 Å². The van der Waals surface area contributed by atoms with Crippen LogP contribution in [0, 0.1) is 6.92 Å². The van der Waals surface area contributed by atoms with E-state index >= 15 is 0 Å². The molecule has 2 N–H and O–H groups in total. The number of hydrogen-bond acceptors (Lipinski definition) is 6. The number of thiophene rings is 1. The van der Waals surface area contributed by atoms with Gasteiger partial charge in [-0.15, -0.1) is 11.3 Å². The smallest absolute Gasteiger partial charge is 0.265 e. The maximum atomic E-state index is 12.3. The van der Waals surface area contributed by atoms with Gasteiger partial charge in [0.05, 0.1) is 11.5 Å². The second kappa shape index (κ2) is 8.59. The van der Waals surface area contributed by atoms with Crippen LogP contribution in [0.3, 0.4) is 0 Å². The van der Waals surface area contributed by atoms with Gasteiger partial charge in [-0.1, -0.05) is 0 Å². The van der Waals surface area contributed by atoms with E-state index in [-0.39, 0.29) is 17.2 Å². The Labute approximate surface area is 154 Å². The van der Waals surface area contributed by atoms with Crippen molar-refractivity contribution in [2.24, 2.45) is 7.05 Å². The van der Waals surface area contributed by atoms with E-state index in [4.69, 9.17) is 4.74 Å². The van der Waals surface area contributed by atoms with Gasteiger partial charge in [0.15, 0.2) is 5.78 Å². The lowest BCUT2D eigenvalue weighted by atomic mass is 10.1. The molecule has 0 fully saturated rings. The second-order valence-corrected chi connectivity index (χ2v) is 6.72. The molecule has 0 aliphatic heterocycles. The summed E-state index contributed by atoms with van der Waals surface area (Å²) in [6.45, 7) is 2.45. The van der Waals surface area contributed by atoms with Crippen molar-refractivity contribution in [3.8, 4) is 5.75 Å². The number of pyridine rings is 1. The lowest BCUT2D eigenvalue weighted by Crippen LogP contribution is -2.26. The van der Waals surface area contributed by atoms with Crippen molar-refractivity contribution in [1.82, 2.24) is 9.88 Å². The monoisotopic (exact) mass is 376 g/mol. The second-order valence-electron chi connectivity index (χ2n) is 5.60. The number of nitrogens with zero attached hydrogens (tertiary/aromatic N) is 1. The van der Waals surface area contributed by atoms with Crippen molar-refractivity contribution >= 4 is 29.1 Å². The zero-order valence-corrected chi connectivity index (χ0v) is 15.6. The van der Waals surface area contributed by atoms with Crippen LogP contribution >= 0.6 is 11.3 Å². The van der Waals surface area contributed by atoms with Crippen LogP contribution in [0.5, 0.6) is 5.75 Å². The number of aromatic hydroxyl groups is 1. The molecule has 0 radical (unpaired) electrons. The van der Waals surface area contributed by atoms with E-state index in [2.05, 4.69) is 5.32 Å². The molecule has 2 aromatic rings. The minimum Gasteiger partial charge on any atom is -0.507 e. The van der Waals surface area contributed by atoms with Gasteiger partial charge in [0, 0.05) is 37.3 Å². The molecular formula is C18H20N2O5S. The summed E-state index contributed by atoms with van der Waals surface area (Å²) in [5, 5.41) is 12.7. The van der Waals surface area contributed by atoms with E-state index in [9.17, 15) is 19.5 Å². The average molecular weight is 376 g/mol. The number of carbonyl (C=O) groups excluding carboxylic acids is 2. The molecule has 2 heterocycles. The van der Waals surface area contributed by atoms with E-state index < -0.39 is 11.3 Å². The largest absolute Gasteiger partial charge is 0.507 e. The third-order valence-corrected chi connectivity index (χ3v) is 4.67. The van der Waals surface area contributed by atoms with Gasteiger partial charge in [-0.2, -0.15) is 0 Å². The maximum Gasteiger partial charge on any atom is 0.265 e. The molecule has 0 saturated heterocycles. The molecule has 26 heavy (non-hydrogen) atoms. The predicted octanol–water partition coefficient (Wildman–Crippen LogP) is 1.73. The summed E-state index contributed by atoms with van der Waals surface area (Å²) in [7, 11) is 3.07. The number of methoxy groups -OCH3 is 1. The van der Waals surface area contributed by atoms with Crippen molar-refractivity contribution in [3.05, 3.63) is 55.6 Å². The predicted molar refractivity (Wildman–Crippen MR) is 100.0 cm³/mol. The summed E-state index contributed by atoms with van der Waals surface area (Å²) >= 11 is 1.21. The molecule has 0 bridgehead atoms. The van der Waals surface area contributed by atoms with Crippen LogP contribution in [-0.4, -0.2) is 41.6 Å². The molecule has 0 atom stereocenters. The number of aromatic nitrogens is 1. The van der Waals surface area contributed by atoms with E-state index in [1.807, 2.05) is 0 Å². The van der Waals surface area contributed by atoms with Gasteiger partial charge in [0.2, 0.25) is 0 Å². The normalized spacial score (nSPS) is 11.0. The van der Waals surface area contributed by atoms with Gasteiger partial charge in [-0.05, 0) is 31.2 Å². The SMILES string of the molecule is COCCNC(=O)c1ccc(/C=C/C(=O)c2c(O)c(C)cn(C)c2=O)s1. The van der Waals surface area contributed by atoms with Crippen molar-refractivity contribution in [3.63, 3.8) is 0 Å². The molecule has 1 amide bonds. The number of ether oxygens (including phenoxy) is 1. The Kier molecular flexibility index (Phi) is 6.48. The number of aryl methyl sites for hydroxylation is 2. The van der Waals surface area contributed by atoms with Gasteiger partial charge in [0.1, 0.15) is 11.3 Å². The van der Waals surface area contributed by atoms with E-state index in [0.29, 0.717) is 28.5 Å². The highest BCUT2D eigenvalue weighted by atomic mass is 32.1. The first-order valence-corrected chi connectivity index (χ1v) is 8.65. The lowest BCUT2D eigenvalue weighted by Gasteiger charge is -2.06. The number of nitrogens with one attached hydrogen (secondary N) is 1. The Morgan fingerprint density at radius 3 is 2.81 bits per heavy atom. The number of rotatable bonds is 7. The van der Waals surface area contributed by atoms with Crippen LogP contribution in [-0.2, 0) is 11.8 Å². The number of ketones is 1. The summed E-state index contributed by atoms with van der Waals surface area (Å²) < 4.78 is 6.12. The molecule has 0 aliphatic rings. The highest BCUT2D eigenvalue weighted by molar-refractivity contribution is 7.14. The van der Waals surface area contributed by atoms with E-state index in [0.717, 1.165) is 0 Å². The lowest BCUT2D eigenvalue weighted by molar-refractivity contribution is 0.0940. The Morgan fingerprint density at radius 2 is 2.12 bits per heavy atom. The summed E-state index contributed by atoms with van der Waals surface area (Å²) in [5.41, 5.74) is -0.389. The van der Waals surface area contributed by atoms with E-state index in [1.54, 1.807) is 26.2 Å². The number of hydrogen-bond donors (Lipinski definition) is 2. The molecule has 7 nitrogen and oxygen atoms in total. The van der Waals surface area contributed by atoms with Crippen molar-refractivity contribution < 1.29 is 19.4 Å². The van der Waals surface area contributed by atoms with Crippen molar-refractivity contribution in [1.29, 1.82) is 0 Å². The fourth-order valence-electron chi connectivity index (χ4n) is 2.27. The Balaban J connectivity index is 2.15. The minimum absolute atomic E-state index is 0.219. The molecule has 0 unspecified atom stereocenters. The standard InChI is InChI=1S/C18H20N2O5S/c1-11-10-20(2)18(24)15(16(11)22)13(21)6-4-12-5-7-14(26-12)17(23)19-8-9-25-3/h4-7,10,22H,8-9H2,1-3H3,(H,19,23)/b6-4+. The summed E-state index contributed by atoms with van der Waals surface area (Å²) in [5.74, 6) is -1.12. The van der Waals surface area contributed by atoms with Gasteiger partial charge < -0.3 is 19.7 Å². The highest BCUT2D eigenvalue weighted by Gasteiger charge is 2.17. The fourth-order valence-corrected chi connectivity index (χ4v) is 3.09. The Morgan fingerprint density at radius 1 is 1.38 bits per heavy atom. The first kappa shape index (κ1) is 19.6. The van der Waals surface area contributed by atoms with Crippen molar-refractivity contribution in [2.45, 2.75) is 6.92 Å². The van der Waals surface area contributed by atoms with Gasteiger partial charge in [-0.25, -0.2) is 0 Å². The minimum atomic E-state index is -0.591. The maximum absolute atomic E-state index is 12.3. The van der Waals surface area contributed by atoms with Gasteiger partial charge in [-0.3, -0.25) is 14.4 Å². The molecule has 2 rings (SSSR count). The molecule has 0 aliphatic carbocycles. The van der Waals surface area contributed by atoms with Crippen LogP contribution in [0.2, 0.25) is 0 Å². The van der Waals surface area contributed by atoms with Gasteiger partial charge >= 0.3 is 0 Å². The molecule has 8 heteroatoms. The highest BCUT2D eigenvalue weighted by Crippen LogP contribution is 2.21. The van der Waals surface area contributed by atoms with Crippen LogP contribution in [0.4, 0.5) is 0 Å². The van der Waals surface area contributed by atoms with Crippen LogP contribution < -0.4 is 10.9 Å². The number of amides is 1. The number of carbonyl (C=O) groups is 2. The third-order valence-electron chi connectivity index (χ3n) is 3.62. The Hall–Kier alpha value is -2.71. The zero-order chi connectivity index (χ0) is 19.3. The van der Waals surface area contributed by atoms with Crippen LogP contribution in [0.15, 0.2) is 29.2 Å². The topological polar surface area (TPSA) is 97.6 Å². The van der Waals surface area contributed by atoms with Crippen molar-refractivity contribution in [2.75, 3.05) is 20.3 Å². The molecule has 0 saturated carbocycles. The molecule has 138 valence electrons. The zero-order valence-electron chi connectivity index (χ0n) is 14.7. The summed E-state index contributed by atoms with van der Waals surface area (Å²) in [6, 6.07) is 3.36. The first-order valence-electron chi connectivity index (χ1n) is 7.83. The molecule has 0 aromatic carbocycles. The van der Waals surface area contributed by atoms with E-state index in [1.165, 1.54) is 41.3 Å². The summed E-state index contributed by atoms with van der Waals surface area (Å²) in [4.78, 5) is 37.5. The molecular weight excluding hydrogens is 356 g/mol. The first-order chi connectivity index (χ1) is 12.3. The van der Waals surface area contributed by atoms with Gasteiger partial charge in [0.25, 0.3) is 11.5 Å². The summed E-state index contributed by atoms with van der Waals surface area (Å²) in [6.07, 6.45) is 4.19. The van der Waals surface area contributed by atoms with Crippen LogP contribution in [0.25, 0.3) is 6.08 Å². The third kappa shape index (κ3) is 4.47. The molecule has 2 aromatic heterocycles.